The van der Waals surface area contributed by atoms with Gasteiger partial charge in [0.05, 0.1) is 5.69 Å². The highest BCUT2D eigenvalue weighted by molar-refractivity contribution is 6.05. The van der Waals surface area contributed by atoms with E-state index < -0.39 is 11.8 Å². The van der Waals surface area contributed by atoms with Gasteiger partial charge >= 0.3 is 0 Å². The van der Waals surface area contributed by atoms with Gasteiger partial charge in [-0.05, 0) is 56.7 Å². The molecule has 2 aromatic carbocycles. The SMILES string of the molecule is Cc1cc(C)n(CC(=O)NNC(=O)c2ccc(C)c(NC(=O)c3ccccc3)c2)n1. The lowest BCUT2D eigenvalue weighted by molar-refractivity contribution is -0.122. The topological polar surface area (TPSA) is 105 Å². The van der Waals surface area contributed by atoms with Crippen LogP contribution >= 0.6 is 0 Å². The van der Waals surface area contributed by atoms with Crippen LogP contribution in [0.25, 0.3) is 0 Å². The maximum Gasteiger partial charge on any atom is 0.269 e. The molecule has 30 heavy (non-hydrogen) atoms. The number of anilines is 1. The van der Waals surface area contributed by atoms with Crippen molar-refractivity contribution in [2.45, 2.75) is 27.3 Å². The molecule has 0 aliphatic carbocycles. The van der Waals surface area contributed by atoms with E-state index in [1.165, 1.54) is 0 Å². The first-order valence-electron chi connectivity index (χ1n) is 9.41. The number of aryl methyl sites for hydroxylation is 3. The zero-order valence-electron chi connectivity index (χ0n) is 17.0. The first-order chi connectivity index (χ1) is 14.3. The lowest BCUT2D eigenvalue weighted by atomic mass is 10.1. The third kappa shape index (κ3) is 5.11. The van der Waals surface area contributed by atoms with Crippen molar-refractivity contribution in [1.29, 1.82) is 0 Å². The van der Waals surface area contributed by atoms with E-state index >= 15 is 0 Å². The Bertz CT molecular complexity index is 1090. The molecule has 3 rings (SSSR count). The number of hydrogen-bond donors (Lipinski definition) is 3. The van der Waals surface area contributed by atoms with E-state index in [4.69, 9.17) is 0 Å². The molecule has 1 heterocycles. The number of nitrogens with one attached hydrogen (secondary N) is 3. The number of amides is 3. The van der Waals surface area contributed by atoms with Crippen LogP contribution in [0.1, 0.15) is 37.7 Å². The van der Waals surface area contributed by atoms with Gasteiger partial charge in [0.15, 0.2) is 0 Å². The average molecular weight is 405 g/mol. The molecule has 3 aromatic rings. The second kappa shape index (κ2) is 9.04. The van der Waals surface area contributed by atoms with Crippen LogP contribution < -0.4 is 16.2 Å². The van der Waals surface area contributed by atoms with Crippen LogP contribution in [0.4, 0.5) is 5.69 Å². The van der Waals surface area contributed by atoms with Gasteiger partial charge in [-0.3, -0.25) is 29.9 Å². The highest BCUT2D eigenvalue weighted by Gasteiger charge is 2.13. The van der Waals surface area contributed by atoms with E-state index in [0.29, 0.717) is 16.8 Å². The number of rotatable bonds is 5. The van der Waals surface area contributed by atoms with Crippen molar-refractivity contribution in [2.24, 2.45) is 0 Å². The molecule has 0 saturated heterocycles. The van der Waals surface area contributed by atoms with Crippen molar-refractivity contribution in [3.05, 3.63) is 82.7 Å². The number of hydrogen-bond acceptors (Lipinski definition) is 4. The summed E-state index contributed by atoms with van der Waals surface area (Å²) in [5.74, 6) is -1.17. The number of nitrogens with zero attached hydrogens (tertiary/aromatic N) is 2. The van der Waals surface area contributed by atoms with E-state index in [-0.39, 0.29) is 12.5 Å². The molecule has 3 amide bonds. The summed E-state index contributed by atoms with van der Waals surface area (Å²) in [6.07, 6.45) is 0. The normalized spacial score (nSPS) is 10.4. The number of aromatic nitrogens is 2. The predicted molar refractivity (Wildman–Crippen MR) is 113 cm³/mol. The fourth-order valence-electron chi connectivity index (χ4n) is 2.89. The molecule has 0 aliphatic rings. The molecule has 0 spiro atoms. The summed E-state index contributed by atoms with van der Waals surface area (Å²) in [6.45, 7) is 5.52. The van der Waals surface area contributed by atoms with Gasteiger partial charge in [-0.25, -0.2) is 0 Å². The first kappa shape index (κ1) is 20.8. The van der Waals surface area contributed by atoms with Crippen LogP contribution in [-0.2, 0) is 11.3 Å². The second-order valence-electron chi connectivity index (χ2n) is 6.94. The zero-order valence-corrected chi connectivity index (χ0v) is 17.0. The largest absolute Gasteiger partial charge is 0.322 e. The zero-order chi connectivity index (χ0) is 21.7. The molecule has 1 aromatic heterocycles. The average Bonchev–Trinajstić information content (AvgIpc) is 3.05. The van der Waals surface area contributed by atoms with E-state index in [2.05, 4.69) is 21.3 Å². The van der Waals surface area contributed by atoms with Gasteiger partial charge in [0.25, 0.3) is 17.7 Å². The lowest BCUT2D eigenvalue weighted by Gasteiger charge is -2.12. The van der Waals surface area contributed by atoms with Gasteiger partial charge in [0.1, 0.15) is 6.54 Å². The Morgan fingerprint density at radius 2 is 1.60 bits per heavy atom. The monoisotopic (exact) mass is 405 g/mol. The Hall–Kier alpha value is -3.94. The lowest BCUT2D eigenvalue weighted by Crippen LogP contribution is -2.43. The fourth-order valence-corrected chi connectivity index (χ4v) is 2.89. The molecular weight excluding hydrogens is 382 g/mol. The molecule has 0 atom stereocenters. The van der Waals surface area contributed by atoms with Gasteiger partial charge in [0, 0.05) is 22.5 Å². The van der Waals surface area contributed by atoms with E-state index in [1.807, 2.05) is 32.9 Å². The van der Waals surface area contributed by atoms with Crippen molar-refractivity contribution < 1.29 is 14.4 Å². The number of carbonyl (C=O) groups is 3. The summed E-state index contributed by atoms with van der Waals surface area (Å²) in [6, 6.07) is 15.6. The third-order valence-electron chi connectivity index (χ3n) is 4.50. The van der Waals surface area contributed by atoms with Crippen LogP contribution in [0.3, 0.4) is 0 Å². The number of carbonyl (C=O) groups excluding carboxylic acids is 3. The summed E-state index contributed by atoms with van der Waals surface area (Å²) >= 11 is 0. The second-order valence-corrected chi connectivity index (χ2v) is 6.94. The number of benzene rings is 2. The number of hydrazine groups is 1. The Labute approximate surface area is 174 Å². The highest BCUT2D eigenvalue weighted by Crippen LogP contribution is 2.18. The minimum absolute atomic E-state index is 0.00770. The van der Waals surface area contributed by atoms with E-state index in [1.54, 1.807) is 47.1 Å². The van der Waals surface area contributed by atoms with Crippen molar-refractivity contribution >= 4 is 23.4 Å². The standard InChI is InChI=1S/C22H23N5O3/c1-14-9-10-18(12-19(14)23-21(29)17-7-5-4-6-8-17)22(30)25-24-20(28)13-27-16(3)11-15(2)26-27/h4-12H,13H2,1-3H3,(H,23,29)(H,24,28)(H,25,30). The Balaban J connectivity index is 1.62. The van der Waals surface area contributed by atoms with Crippen LogP contribution in [0.2, 0.25) is 0 Å². The van der Waals surface area contributed by atoms with Gasteiger partial charge < -0.3 is 5.32 Å². The van der Waals surface area contributed by atoms with Crippen LogP contribution in [0.5, 0.6) is 0 Å². The summed E-state index contributed by atoms with van der Waals surface area (Å²) in [5.41, 5.74) is 8.58. The summed E-state index contributed by atoms with van der Waals surface area (Å²) in [7, 11) is 0. The predicted octanol–water partition coefficient (Wildman–Crippen LogP) is 2.52. The van der Waals surface area contributed by atoms with Crippen molar-refractivity contribution in [3.8, 4) is 0 Å². The molecular formula is C22H23N5O3. The minimum atomic E-state index is -0.494. The van der Waals surface area contributed by atoms with E-state index in [9.17, 15) is 14.4 Å². The highest BCUT2D eigenvalue weighted by atomic mass is 16.2. The van der Waals surface area contributed by atoms with Crippen molar-refractivity contribution in [2.75, 3.05) is 5.32 Å². The molecule has 0 radical (unpaired) electrons. The Kier molecular flexibility index (Phi) is 6.26. The molecule has 8 heteroatoms. The summed E-state index contributed by atoms with van der Waals surface area (Å²) in [5, 5.41) is 7.02. The molecule has 0 unspecified atom stereocenters. The van der Waals surface area contributed by atoms with Gasteiger partial charge in [-0.1, -0.05) is 24.3 Å². The third-order valence-corrected chi connectivity index (χ3v) is 4.50. The minimum Gasteiger partial charge on any atom is -0.322 e. The summed E-state index contributed by atoms with van der Waals surface area (Å²) < 4.78 is 1.56. The Morgan fingerprint density at radius 1 is 0.867 bits per heavy atom. The van der Waals surface area contributed by atoms with Crippen molar-refractivity contribution in [1.82, 2.24) is 20.6 Å². The molecule has 0 aliphatic heterocycles. The molecule has 154 valence electrons. The van der Waals surface area contributed by atoms with Crippen LogP contribution in [0.15, 0.2) is 54.6 Å². The Morgan fingerprint density at radius 3 is 2.27 bits per heavy atom. The smallest absolute Gasteiger partial charge is 0.269 e. The fraction of sp³-hybridized carbons (Fsp3) is 0.182. The van der Waals surface area contributed by atoms with Crippen molar-refractivity contribution in [3.63, 3.8) is 0 Å². The first-order valence-corrected chi connectivity index (χ1v) is 9.41. The molecule has 0 saturated carbocycles. The maximum atomic E-state index is 12.4. The molecule has 3 N–H and O–H groups in total. The quantitative estimate of drug-likeness (QED) is 0.567. The van der Waals surface area contributed by atoms with Crippen LogP contribution in [0, 0.1) is 20.8 Å². The van der Waals surface area contributed by atoms with Crippen LogP contribution in [-0.4, -0.2) is 27.5 Å². The summed E-state index contributed by atoms with van der Waals surface area (Å²) in [4.78, 5) is 36.9. The molecule has 0 fully saturated rings. The molecule has 8 nitrogen and oxygen atoms in total. The molecule has 0 bridgehead atoms. The van der Waals surface area contributed by atoms with E-state index in [0.717, 1.165) is 17.0 Å². The van der Waals surface area contributed by atoms with Gasteiger partial charge in [0.2, 0.25) is 0 Å². The maximum absolute atomic E-state index is 12.4. The van der Waals surface area contributed by atoms with Gasteiger partial charge in [-0.15, -0.1) is 0 Å². The van der Waals surface area contributed by atoms with Gasteiger partial charge in [-0.2, -0.15) is 5.10 Å².